The van der Waals surface area contributed by atoms with Crippen molar-refractivity contribution in [3.63, 3.8) is 0 Å². The first-order chi connectivity index (χ1) is 8.34. The highest BCUT2D eigenvalue weighted by Gasteiger charge is 2.14. The number of ether oxygens (including phenoxy) is 1. The van der Waals surface area contributed by atoms with Gasteiger partial charge in [-0.2, -0.15) is 0 Å². The average Bonchev–Trinajstić information content (AvgIpc) is 2.82. The predicted octanol–water partition coefficient (Wildman–Crippen LogP) is 3.04. The summed E-state index contributed by atoms with van der Waals surface area (Å²) in [6, 6.07) is 8.69. The maximum Gasteiger partial charge on any atom is 0.0576 e. The summed E-state index contributed by atoms with van der Waals surface area (Å²) >= 11 is 0. The minimum absolute atomic E-state index is 0.538. The summed E-state index contributed by atoms with van der Waals surface area (Å²) in [7, 11) is 0. The van der Waals surface area contributed by atoms with Crippen LogP contribution in [-0.4, -0.2) is 19.3 Å². The zero-order valence-electron chi connectivity index (χ0n) is 10.7. The van der Waals surface area contributed by atoms with Crippen LogP contribution in [0.1, 0.15) is 36.8 Å². The van der Waals surface area contributed by atoms with Crippen LogP contribution in [0.25, 0.3) is 0 Å². The summed E-state index contributed by atoms with van der Waals surface area (Å²) < 4.78 is 5.61. The van der Waals surface area contributed by atoms with E-state index >= 15 is 0 Å². The monoisotopic (exact) mass is 233 g/mol. The minimum Gasteiger partial charge on any atom is -0.378 e. The lowest BCUT2D eigenvalue weighted by molar-refractivity contribution is 0.102. The van der Waals surface area contributed by atoms with E-state index in [0.29, 0.717) is 6.10 Å². The molecule has 1 unspecified atom stereocenters. The van der Waals surface area contributed by atoms with E-state index in [1.54, 1.807) is 0 Å². The maximum absolute atomic E-state index is 5.61. The van der Waals surface area contributed by atoms with Crippen molar-refractivity contribution in [1.29, 1.82) is 0 Å². The van der Waals surface area contributed by atoms with Crippen LogP contribution in [0.3, 0.4) is 0 Å². The molecule has 0 aromatic heterocycles. The Balaban J connectivity index is 1.56. The molecular formula is C15H23NO. The Morgan fingerprint density at radius 2 is 2.35 bits per heavy atom. The van der Waals surface area contributed by atoms with Crippen LogP contribution >= 0.6 is 0 Å². The summed E-state index contributed by atoms with van der Waals surface area (Å²) in [6.07, 6.45) is 5.48. The van der Waals surface area contributed by atoms with Crippen LogP contribution in [-0.2, 0) is 11.3 Å². The van der Waals surface area contributed by atoms with E-state index in [2.05, 4.69) is 36.5 Å². The fourth-order valence-electron chi connectivity index (χ4n) is 2.38. The van der Waals surface area contributed by atoms with Gasteiger partial charge in [0.1, 0.15) is 0 Å². The molecule has 0 bridgehead atoms. The van der Waals surface area contributed by atoms with Gasteiger partial charge >= 0.3 is 0 Å². The molecule has 0 radical (unpaired) electrons. The van der Waals surface area contributed by atoms with E-state index in [1.165, 1.54) is 36.8 Å². The zero-order chi connectivity index (χ0) is 11.9. The maximum atomic E-state index is 5.61. The molecule has 17 heavy (non-hydrogen) atoms. The predicted molar refractivity (Wildman–Crippen MR) is 71.1 cm³/mol. The molecule has 2 nitrogen and oxygen atoms in total. The molecule has 94 valence electrons. The molecule has 1 aliphatic rings. The summed E-state index contributed by atoms with van der Waals surface area (Å²) in [4.78, 5) is 0. The van der Waals surface area contributed by atoms with Crippen LogP contribution in [0.15, 0.2) is 24.3 Å². The van der Waals surface area contributed by atoms with Crippen LogP contribution < -0.4 is 5.32 Å². The van der Waals surface area contributed by atoms with E-state index in [-0.39, 0.29) is 0 Å². The molecule has 0 amide bonds. The highest BCUT2D eigenvalue weighted by molar-refractivity contribution is 5.21. The van der Waals surface area contributed by atoms with Crippen LogP contribution in [0.2, 0.25) is 0 Å². The van der Waals surface area contributed by atoms with Crippen LogP contribution in [0.4, 0.5) is 0 Å². The van der Waals surface area contributed by atoms with Gasteiger partial charge in [-0.15, -0.1) is 0 Å². The number of nitrogens with one attached hydrogen (secondary N) is 1. The van der Waals surface area contributed by atoms with Crippen molar-refractivity contribution >= 4 is 0 Å². The smallest absolute Gasteiger partial charge is 0.0576 e. The van der Waals surface area contributed by atoms with E-state index < -0.39 is 0 Å². The quantitative estimate of drug-likeness (QED) is 0.763. The van der Waals surface area contributed by atoms with Gasteiger partial charge in [0.05, 0.1) is 6.10 Å². The van der Waals surface area contributed by atoms with Crippen molar-refractivity contribution in [2.24, 2.45) is 0 Å². The Morgan fingerprint density at radius 3 is 3.12 bits per heavy atom. The lowest BCUT2D eigenvalue weighted by Crippen LogP contribution is -2.16. The number of rotatable bonds is 6. The fourth-order valence-corrected chi connectivity index (χ4v) is 2.38. The van der Waals surface area contributed by atoms with Crippen molar-refractivity contribution in [3.8, 4) is 0 Å². The Labute approximate surface area is 104 Å². The molecule has 1 heterocycles. The fraction of sp³-hybridized carbons (Fsp3) is 0.600. The second-order valence-electron chi connectivity index (χ2n) is 4.94. The number of benzene rings is 1. The van der Waals surface area contributed by atoms with Crippen LogP contribution in [0.5, 0.6) is 0 Å². The first-order valence-corrected chi connectivity index (χ1v) is 6.72. The molecule has 0 spiro atoms. The first-order valence-electron chi connectivity index (χ1n) is 6.72. The summed E-state index contributed by atoms with van der Waals surface area (Å²) in [5.74, 6) is 0. The van der Waals surface area contributed by atoms with Crippen molar-refractivity contribution in [2.45, 2.75) is 45.3 Å². The first kappa shape index (κ1) is 12.6. The van der Waals surface area contributed by atoms with Gasteiger partial charge in [-0.3, -0.25) is 0 Å². The third kappa shape index (κ3) is 4.49. The molecule has 2 rings (SSSR count). The van der Waals surface area contributed by atoms with E-state index in [9.17, 15) is 0 Å². The lowest BCUT2D eigenvalue weighted by Gasteiger charge is -2.09. The van der Waals surface area contributed by atoms with Crippen molar-refractivity contribution in [1.82, 2.24) is 5.32 Å². The van der Waals surface area contributed by atoms with Crippen molar-refractivity contribution in [2.75, 3.05) is 13.2 Å². The molecule has 1 atom stereocenters. The number of hydrogen-bond acceptors (Lipinski definition) is 2. The van der Waals surface area contributed by atoms with E-state index in [4.69, 9.17) is 4.74 Å². The van der Waals surface area contributed by atoms with Gasteiger partial charge in [0, 0.05) is 13.2 Å². The van der Waals surface area contributed by atoms with Crippen molar-refractivity contribution in [3.05, 3.63) is 35.4 Å². The van der Waals surface area contributed by atoms with Gasteiger partial charge in [0.15, 0.2) is 0 Å². The van der Waals surface area contributed by atoms with E-state index in [1.807, 2.05) is 0 Å². The standard InChI is InChI=1S/C15H23NO/c1-13-5-2-6-14(11-13)12-16-9-3-7-15-8-4-10-17-15/h2,5-6,11,15-16H,3-4,7-10,12H2,1H3. The van der Waals surface area contributed by atoms with Crippen molar-refractivity contribution < 1.29 is 4.74 Å². The number of aryl methyl sites for hydroxylation is 1. The largest absolute Gasteiger partial charge is 0.378 e. The SMILES string of the molecule is Cc1cccc(CNCCCC2CCCO2)c1. The highest BCUT2D eigenvalue weighted by atomic mass is 16.5. The molecule has 1 aromatic rings. The van der Waals surface area contributed by atoms with E-state index in [0.717, 1.165) is 19.7 Å². The van der Waals surface area contributed by atoms with Gasteiger partial charge in [-0.25, -0.2) is 0 Å². The Hall–Kier alpha value is -0.860. The molecule has 1 fully saturated rings. The molecule has 0 saturated carbocycles. The van der Waals surface area contributed by atoms with Crippen LogP contribution in [0, 0.1) is 6.92 Å². The third-order valence-corrected chi connectivity index (χ3v) is 3.32. The minimum atomic E-state index is 0.538. The zero-order valence-corrected chi connectivity index (χ0v) is 10.7. The molecule has 1 saturated heterocycles. The second kappa shape index (κ2) is 6.77. The summed E-state index contributed by atoms with van der Waals surface area (Å²) in [5, 5.41) is 3.50. The molecule has 1 N–H and O–H groups in total. The van der Waals surface area contributed by atoms with Gasteiger partial charge in [0.25, 0.3) is 0 Å². The molecular weight excluding hydrogens is 210 g/mol. The number of hydrogen-bond donors (Lipinski definition) is 1. The summed E-state index contributed by atoms with van der Waals surface area (Å²) in [5.41, 5.74) is 2.71. The lowest BCUT2D eigenvalue weighted by atomic mass is 10.1. The average molecular weight is 233 g/mol. The normalized spacial score (nSPS) is 19.7. The van der Waals surface area contributed by atoms with Gasteiger partial charge in [-0.05, 0) is 44.7 Å². The highest BCUT2D eigenvalue weighted by Crippen LogP contribution is 2.16. The van der Waals surface area contributed by atoms with Gasteiger partial charge < -0.3 is 10.1 Å². The second-order valence-corrected chi connectivity index (χ2v) is 4.94. The summed E-state index contributed by atoms with van der Waals surface area (Å²) in [6.45, 7) is 5.18. The molecule has 1 aromatic carbocycles. The van der Waals surface area contributed by atoms with Gasteiger partial charge in [0.2, 0.25) is 0 Å². The van der Waals surface area contributed by atoms with Gasteiger partial charge in [-0.1, -0.05) is 29.8 Å². The Kier molecular flexibility index (Phi) is 5.02. The molecule has 2 heteroatoms. The Morgan fingerprint density at radius 1 is 1.41 bits per heavy atom. The molecule has 1 aliphatic heterocycles. The Bertz CT molecular complexity index is 331. The third-order valence-electron chi connectivity index (χ3n) is 3.32. The molecule has 0 aliphatic carbocycles. The topological polar surface area (TPSA) is 21.3 Å².